The van der Waals surface area contributed by atoms with Gasteiger partial charge in [-0.25, -0.2) is 0 Å². The SMILES string of the molecule is Cc1cc(C(=O)NCC(=O)NCC2(CN3CCOCC3)CCOCC2)n(C)n1. The van der Waals surface area contributed by atoms with E-state index in [1.807, 2.05) is 6.92 Å². The number of morpholine rings is 1. The van der Waals surface area contributed by atoms with Crippen LogP contribution in [0.1, 0.15) is 29.0 Å². The van der Waals surface area contributed by atoms with Crippen molar-refractivity contribution in [2.24, 2.45) is 12.5 Å². The largest absolute Gasteiger partial charge is 0.381 e. The first-order valence-corrected chi connectivity index (χ1v) is 9.91. The highest BCUT2D eigenvalue weighted by Gasteiger charge is 2.35. The van der Waals surface area contributed by atoms with Crippen molar-refractivity contribution in [3.63, 3.8) is 0 Å². The van der Waals surface area contributed by atoms with E-state index in [0.717, 1.165) is 64.6 Å². The summed E-state index contributed by atoms with van der Waals surface area (Å²) < 4.78 is 12.5. The van der Waals surface area contributed by atoms with Crippen molar-refractivity contribution in [1.29, 1.82) is 0 Å². The van der Waals surface area contributed by atoms with Gasteiger partial charge < -0.3 is 20.1 Å². The number of aryl methyl sites for hydroxylation is 2. The molecule has 0 bridgehead atoms. The smallest absolute Gasteiger partial charge is 0.269 e. The average Bonchev–Trinajstić information content (AvgIpc) is 3.04. The molecular weight excluding hydrogens is 362 g/mol. The Bertz CT molecular complexity index is 678. The molecule has 2 aliphatic rings. The van der Waals surface area contributed by atoms with Gasteiger partial charge in [0.25, 0.3) is 5.91 Å². The molecule has 0 radical (unpaired) electrons. The third-order valence-electron chi connectivity index (χ3n) is 5.52. The topological polar surface area (TPSA) is 97.7 Å². The fourth-order valence-corrected chi connectivity index (χ4v) is 3.85. The molecule has 2 aliphatic heterocycles. The second-order valence-electron chi connectivity index (χ2n) is 7.75. The fourth-order valence-electron chi connectivity index (χ4n) is 3.85. The molecule has 28 heavy (non-hydrogen) atoms. The third kappa shape index (κ3) is 5.52. The van der Waals surface area contributed by atoms with Crippen LogP contribution in [0.15, 0.2) is 6.07 Å². The van der Waals surface area contributed by atoms with Crippen LogP contribution >= 0.6 is 0 Å². The highest BCUT2D eigenvalue weighted by atomic mass is 16.5. The van der Waals surface area contributed by atoms with Crippen LogP contribution in [0.5, 0.6) is 0 Å². The van der Waals surface area contributed by atoms with Crippen LogP contribution < -0.4 is 10.6 Å². The van der Waals surface area contributed by atoms with Gasteiger partial charge in [-0.15, -0.1) is 0 Å². The summed E-state index contributed by atoms with van der Waals surface area (Å²) in [5.41, 5.74) is 1.22. The molecule has 0 aliphatic carbocycles. The van der Waals surface area contributed by atoms with Gasteiger partial charge in [-0.05, 0) is 25.8 Å². The molecule has 9 nitrogen and oxygen atoms in total. The predicted octanol–water partition coefficient (Wildman–Crippen LogP) is -0.296. The molecule has 2 fully saturated rings. The van der Waals surface area contributed by atoms with Gasteiger partial charge >= 0.3 is 0 Å². The summed E-state index contributed by atoms with van der Waals surface area (Å²) in [6.45, 7) is 8.12. The third-order valence-corrected chi connectivity index (χ3v) is 5.52. The molecule has 2 saturated heterocycles. The van der Waals surface area contributed by atoms with E-state index in [1.54, 1.807) is 13.1 Å². The Hall–Kier alpha value is -1.97. The minimum atomic E-state index is -0.299. The molecule has 1 aromatic heterocycles. The lowest BCUT2D eigenvalue weighted by Crippen LogP contribution is -2.51. The van der Waals surface area contributed by atoms with Gasteiger partial charge in [-0.1, -0.05) is 0 Å². The van der Waals surface area contributed by atoms with E-state index in [9.17, 15) is 9.59 Å². The number of carbonyl (C=O) groups is 2. The van der Waals surface area contributed by atoms with Crippen molar-refractivity contribution in [2.75, 3.05) is 59.2 Å². The number of carbonyl (C=O) groups excluding carboxylic acids is 2. The zero-order valence-corrected chi connectivity index (χ0v) is 16.8. The van der Waals surface area contributed by atoms with Crippen LogP contribution in [0.3, 0.4) is 0 Å². The first-order chi connectivity index (χ1) is 13.5. The molecule has 0 unspecified atom stereocenters. The molecular formula is C19H31N5O4. The van der Waals surface area contributed by atoms with Crippen LogP contribution in [0.25, 0.3) is 0 Å². The Labute approximate surface area is 165 Å². The van der Waals surface area contributed by atoms with E-state index < -0.39 is 0 Å². The number of ether oxygens (including phenoxy) is 2. The average molecular weight is 393 g/mol. The van der Waals surface area contributed by atoms with Crippen molar-refractivity contribution in [1.82, 2.24) is 25.3 Å². The van der Waals surface area contributed by atoms with Crippen molar-refractivity contribution in [3.05, 3.63) is 17.5 Å². The Morgan fingerprint density at radius 2 is 1.82 bits per heavy atom. The minimum absolute atomic E-state index is 0.00834. The number of aromatic nitrogens is 2. The van der Waals surface area contributed by atoms with Gasteiger partial charge in [0.05, 0.1) is 25.5 Å². The van der Waals surface area contributed by atoms with Crippen molar-refractivity contribution in [2.45, 2.75) is 19.8 Å². The molecule has 2 amide bonds. The van der Waals surface area contributed by atoms with Crippen LogP contribution in [-0.4, -0.2) is 85.6 Å². The first kappa shape index (κ1) is 20.8. The maximum atomic E-state index is 12.3. The number of nitrogens with zero attached hydrogens (tertiary/aromatic N) is 3. The standard InChI is InChI=1S/C19H31N5O4/c1-15-11-16(23(2)22-15)18(26)20-12-17(25)21-13-19(3-7-27-8-4-19)14-24-5-9-28-10-6-24/h11H,3-10,12-14H2,1-2H3,(H,20,26)(H,21,25). The van der Waals surface area contributed by atoms with Gasteiger partial charge in [0, 0.05) is 51.9 Å². The minimum Gasteiger partial charge on any atom is -0.381 e. The summed E-state index contributed by atoms with van der Waals surface area (Å²) in [5.74, 6) is -0.479. The second kappa shape index (κ2) is 9.49. The van der Waals surface area contributed by atoms with E-state index >= 15 is 0 Å². The lowest BCUT2D eigenvalue weighted by molar-refractivity contribution is -0.121. The van der Waals surface area contributed by atoms with Crippen LogP contribution in [0.2, 0.25) is 0 Å². The molecule has 3 rings (SSSR count). The summed E-state index contributed by atoms with van der Waals surface area (Å²) >= 11 is 0. The van der Waals surface area contributed by atoms with Gasteiger partial charge in [-0.3, -0.25) is 19.2 Å². The van der Waals surface area contributed by atoms with E-state index in [4.69, 9.17) is 9.47 Å². The molecule has 2 N–H and O–H groups in total. The monoisotopic (exact) mass is 393 g/mol. The predicted molar refractivity (Wildman–Crippen MR) is 103 cm³/mol. The molecule has 0 aromatic carbocycles. The summed E-state index contributed by atoms with van der Waals surface area (Å²) in [6, 6.07) is 1.70. The fraction of sp³-hybridized carbons (Fsp3) is 0.737. The Kier molecular flexibility index (Phi) is 7.03. The summed E-state index contributed by atoms with van der Waals surface area (Å²) in [6.07, 6.45) is 1.84. The van der Waals surface area contributed by atoms with Crippen LogP contribution in [0, 0.1) is 12.3 Å². The number of rotatable bonds is 7. The van der Waals surface area contributed by atoms with E-state index in [-0.39, 0.29) is 23.8 Å². The highest BCUT2D eigenvalue weighted by Crippen LogP contribution is 2.31. The highest BCUT2D eigenvalue weighted by molar-refractivity contribution is 5.95. The number of nitrogens with one attached hydrogen (secondary N) is 2. The Morgan fingerprint density at radius 1 is 1.14 bits per heavy atom. The van der Waals surface area contributed by atoms with Crippen molar-refractivity contribution < 1.29 is 19.1 Å². The molecule has 3 heterocycles. The lowest BCUT2D eigenvalue weighted by Gasteiger charge is -2.42. The zero-order valence-electron chi connectivity index (χ0n) is 16.8. The molecule has 1 aromatic rings. The molecule has 0 atom stereocenters. The number of hydrogen-bond acceptors (Lipinski definition) is 6. The molecule has 156 valence electrons. The second-order valence-corrected chi connectivity index (χ2v) is 7.75. The molecule has 0 spiro atoms. The molecule has 9 heteroatoms. The Morgan fingerprint density at radius 3 is 2.46 bits per heavy atom. The Balaban J connectivity index is 1.49. The van der Waals surface area contributed by atoms with Crippen molar-refractivity contribution >= 4 is 11.8 Å². The zero-order chi connectivity index (χ0) is 20.0. The number of hydrogen-bond donors (Lipinski definition) is 2. The maximum absolute atomic E-state index is 12.3. The number of amides is 2. The van der Waals surface area contributed by atoms with E-state index in [1.165, 1.54) is 4.68 Å². The quantitative estimate of drug-likeness (QED) is 0.660. The van der Waals surface area contributed by atoms with Gasteiger partial charge in [0.15, 0.2) is 0 Å². The van der Waals surface area contributed by atoms with Gasteiger partial charge in [0.1, 0.15) is 5.69 Å². The first-order valence-electron chi connectivity index (χ1n) is 9.91. The lowest BCUT2D eigenvalue weighted by atomic mass is 9.79. The van der Waals surface area contributed by atoms with E-state index in [0.29, 0.717) is 12.2 Å². The maximum Gasteiger partial charge on any atom is 0.269 e. The van der Waals surface area contributed by atoms with Crippen molar-refractivity contribution in [3.8, 4) is 0 Å². The van der Waals surface area contributed by atoms with Gasteiger partial charge in [0.2, 0.25) is 5.91 Å². The van der Waals surface area contributed by atoms with Crippen LogP contribution in [0.4, 0.5) is 0 Å². The normalized spacial score (nSPS) is 19.9. The summed E-state index contributed by atoms with van der Waals surface area (Å²) in [7, 11) is 1.71. The molecule has 0 saturated carbocycles. The summed E-state index contributed by atoms with van der Waals surface area (Å²) in [4.78, 5) is 27.0. The van der Waals surface area contributed by atoms with Crippen LogP contribution in [-0.2, 0) is 21.3 Å². The van der Waals surface area contributed by atoms with Gasteiger partial charge in [-0.2, -0.15) is 5.10 Å². The van der Waals surface area contributed by atoms with E-state index in [2.05, 4.69) is 20.6 Å². The summed E-state index contributed by atoms with van der Waals surface area (Å²) in [5, 5.41) is 9.84.